The van der Waals surface area contributed by atoms with Crippen LogP contribution in [0, 0.1) is 6.92 Å². The Bertz CT molecular complexity index is 1020. The smallest absolute Gasteiger partial charge is 0.178 e. The number of hydrogen-bond donors (Lipinski definition) is 1. The van der Waals surface area contributed by atoms with Crippen LogP contribution in [-0.4, -0.2) is 28.7 Å². The second kappa shape index (κ2) is 7.07. The number of rotatable bonds is 6. The van der Waals surface area contributed by atoms with Gasteiger partial charge in [0.2, 0.25) is 0 Å². The van der Waals surface area contributed by atoms with Crippen LogP contribution in [0.25, 0.3) is 11.0 Å². The Morgan fingerprint density at radius 2 is 1.88 bits per heavy atom. The summed E-state index contributed by atoms with van der Waals surface area (Å²) in [5.74, 6) is 0.765. The highest BCUT2D eigenvalue weighted by molar-refractivity contribution is 7.91. The molecule has 1 aromatic carbocycles. The number of aromatic nitrogens is 3. The van der Waals surface area contributed by atoms with Gasteiger partial charge in [-0.1, -0.05) is 32.0 Å². The lowest BCUT2D eigenvalue weighted by Crippen LogP contribution is -2.10. The molecule has 0 spiro atoms. The first kappa shape index (κ1) is 18.4. The summed E-state index contributed by atoms with van der Waals surface area (Å²) in [5, 5.41) is 0. The van der Waals surface area contributed by atoms with Crippen molar-refractivity contribution in [2.45, 2.75) is 44.6 Å². The van der Waals surface area contributed by atoms with E-state index in [0.717, 1.165) is 16.8 Å². The number of imidazole rings is 1. The summed E-state index contributed by atoms with van der Waals surface area (Å²) in [7, 11) is -3.28. The van der Waals surface area contributed by atoms with Crippen molar-refractivity contribution >= 4 is 26.7 Å². The maximum Gasteiger partial charge on any atom is 0.178 e. The molecule has 0 atom stereocenters. The number of nitrogens with zero attached hydrogens (tertiary/aromatic N) is 3. The Kier molecular flexibility index (Phi) is 5.00. The van der Waals surface area contributed by atoms with E-state index in [-0.39, 0.29) is 11.7 Å². The van der Waals surface area contributed by atoms with E-state index < -0.39 is 9.84 Å². The molecule has 0 saturated carbocycles. The molecule has 0 radical (unpaired) electrons. The molecule has 0 unspecified atom stereocenters. The molecule has 138 valence electrons. The zero-order valence-corrected chi connectivity index (χ0v) is 16.1. The number of pyridine rings is 1. The predicted molar refractivity (Wildman–Crippen MR) is 104 cm³/mol. The van der Waals surface area contributed by atoms with Gasteiger partial charge in [0.25, 0.3) is 0 Å². The molecule has 3 rings (SSSR count). The van der Waals surface area contributed by atoms with Gasteiger partial charge in [0, 0.05) is 6.54 Å². The molecule has 2 heterocycles. The Labute approximate surface area is 154 Å². The maximum absolute atomic E-state index is 12.4. The molecule has 0 fully saturated rings. The predicted octanol–water partition coefficient (Wildman–Crippen LogP) is 3.31. The minimum absolute atomic E-state index is 0.0906. The van der Waals surface area contributed by atoms with Crippen molar-refractivity contribution < 1.29 is 8.42 Å². The summed E-state index contributed by atoms with van der Waals surface area (Å²) in [5.41, 5.74) is 9.69. The molecule has 2 N–H and O–H groups in total. The number of nitrogens with two attached hydrogens (primary N) is 1. The van der Waals surface area contributed by atoms with Gasteiger partial charge in [-0.3, -0.25) is 0 Å². The topological polar surface area (TPSA) is 90.9 Å². The van der Waals surface area contributed by atoms with Crippen LogP contribution in [-0.2, 0) is 16.4 Å². The summed E-state index contributed by atoms with van der Waals surface area (Å²) >= 11 is 0. The lowest BCUT2D eigenvalue weighted by atomic mass is 10.0. The highest BCUT2D eigenvalue weighted by atomic mass is 32.2. The Morgan fingerprint density at radius 3 is 2.54 bits per heavy atom. The van der Waals surface area contributed by atoms with Crippen LogP contribution < -0.4 is 5.73 Å². The largest absolute Gasteiger partial charge is 0.382 e. The highest BCUT2D eigenvalue weighted by Crippen LogP contribution is 2.28. The van der Waals surface area contributed by atoms with Gasteiger partial charge in [-0.05, 0) is 37.0 Å². The van der Waals surface area contributed by atoms with Crippen molar-refractivity contribution in [1.82, 2.24) is 14.5 Å². The first-order valence-corrected chi connectivity index (χ1v) is 10.3. The molecule has 26 heavy (non-hydrogen) atoms. The SMILES string of the molecule is Cc1c(C(C)C)nc(N)c2ncn(CCCS(=O)(=O)c3ccccc3)c12. The molecule has 0 bridgehead atoms. The number of anilines is 1. The van der Waals surface area contributed by atoms with E-state index in [4.69, 9.17) is 5.73 Å². The van der Waals surface area contributed by atoms with E-state index in [9.17, 15) is 8.42 Å². The maximum atomic E-state index is 12.4. The fraction of sp³-hybridized carbons (Fsp3) is 0.368. The van der Waals surface area contributed by atoms with E-state index in [0.29, 0.717) is 29.2 Å². The van der Waals surface area contributed by atoms with Crippen LogP contribution in [0.5, 0.6) is 0 Å². The van der Waals surface area contributed by atoms with Gasteiger partial charge in [-0.15, -0.1) is 0 Å². The number of benzene rings is 1. The molecule has 3 aromatic rings. The Balaban J connectivity index is 1.84. The molecule has 0 aliphatic rings. The summed E-state index contributed by atoms with van der Waals surface area (Å²) in [6, 6.07) is 8.55. The summed E-state index contributed by atoms with van der Waals surface area (Å²) in [6.07, 6.45) is 2.22. The molecular weight excluding hydrogens is 348 g/mol. The third kappa shape index (κ3) is 3.44. The minimum Gasteiger partial charge on any atom is -0.382 e. The molecule has 2 aromatic heterocycles. The molecule has 0 saturated heterocycles. The van der Waals surface area contributed by atoms with Crippen LogP contribution in [0.2, 0.25) is 0 Å². The van der Waals surface area contributed by atoms with Crippen molar-refractivity contribution in [2.24, 2.45) is 0 Å². The molecule has 0 aliphatic carbocycles. The molecule has 6 nitrogen and oxygen atoms in total. The standard InChI is InChI=1S/C19H24N4O2S/c1-13(2)16-14(3)18-17(19(20)22-16)21-12-23(18)10-7-11-26(24,25)15-8-5-4-6-9-15/h4-6,8-9,12-13H,7,10-11H2,1-3H3,(H2,20,22). The molecule has 0 aliphatic heterocycles. The van der Waals surface area contributed by atoms with Gasteiger partial charge in [0.1, 0.15) is 5.52 Å². The molecule has 7 heteroatoms. The molecular formula is C19H24N4O2S. The third-order valence-corrected chi connectivity index (χ3v) is 6.34. The first-order valence-electron chi connectivity index (χ1n) is 8.70. The lowest BCUT2D eigenvalue weighted by molar-refractivity contribution is 0.587. The average molecular weight is 372 g/mol. The number of hydrogen-bond acceptors (Lipinski definition) is 5. The fourth-order valence-corrected chi connectivity index (χ4v) is 4.57. The van der Waals surface area contributed by atoms with E-state index >= 15 is 0 Å². The Morgan fingerprint density at radius 1 is 1.19 bits per heavy atom. The van der Waals surface area contributed by atoms with Crippen molar-refractivity contribution in [1.29, 1.82) is 0 Å². The van der Waals surface area contributed by atoms with Crippen molar-refractivity contribution in [3.05, 3.63) is 47.9 Å². The van der Waals surface area contributed by atoms with Gasteiger partial charge in [0.15, 0.2) is 15.7 Å². The minimum atomic E-state index is -3.28. The Hall–Kier alpha value is -2.41. The number of sulfone groups is 1. The summed E-state index contributed by atoms with van der Waals surface area (Å²) in [4.78, 5) is 9.22. The van der Waals surface area contributed by atoms with Gasteiger partial charge >= 0.3 is 0 Å². The fourth-order valence-electron chi connectivity index (χ4n) is 3.25. The van der Waals surface area contributed by atoms with Gasteiger partial charge in [0.05, 0.1) is 28.2 Å². The third-order valence-electron chi connectivity index (χ3n) is 4.52. The van der Waals surface area contributed by atoms with Gasteiger partial charge < -0.3 is 10.3 Å². The van der Waals surface area contributed by atoms with Crippen molar-refractivity contribution in [3.8, 4) is 0 Å². The molecule has 0 amide bonds. The second-order valence-electron chi connectivity index (χ2n) is 6.78. The number of aryl methyl sites for hydroxylation is 2. The zero-order valence-electron chi connectivity index (χ0n) is 15.3. The average Bonchev–Trinajstić information content (AvgIpc) is 3.03. The quantitative estimate of drug-likeness (QED) is 0.717. The number of nitrogen functional groups attached to an aromatic ring is 1. The monoisotopic (exact) mass is 372 g/mol. The van der Waals surface area contributed by atoms with E-state index in [1.54, 1.807) is 30.6 Å². The normalized spacial score (nSPS) is 12.2. The van der Waals surface area contributed by atoms with Gasteiger partial charge in [-0.25, -0.2) is 18.4 Å². The van der Waals surface area contributed by atoms with Crippen LogP contribution >= 0.6 is 0 Å². The second-order valence-corrected chi connectivity index (χ2v) is 8.89. The van der Waals surface area contributed by atoms with E-state index in [1.807, 2.05) is 17.6 Å². The summed E-state index contributed by atoms with van der Waals surface area (Å²) < 4.78 is 26.8. The summed E-state index contributed by atoms with van der Waals surface area (Å²) in [6.45, 7) is 6.73. The van der Waals surface area contributed by atoms with Gasteiger partial charge in [-0.2, -0.15) is 0 Å². The lowest BCUT2D eigenvalue weighted by Gasteiger charge is -2.13. The van der Waals surface area contributed by atoms with Crippen LogP contribution in [0.4, 0.5) is 5.82 Å². The number of fused-ring (bicyclic) bond motifs is 1. The van der Waals surface area contributed by atoms with Crippen molar-refractivity contribution in [3.63, 3.8) is 0 Å². The highest BCUT2D eigenvalue weighted by Gasteiger charge is 2.18. The van der Waals surface area contributed by atoms with Crippen molar-refractivity contribution in [2.75, 3.05) is 11.5 Å². The van der Waals surface area contributed by atoms with Crippen LogP contribution in [0.3, 0.4) is 0 Å². The van der Waals surface area contributed by atoms with Crippen LogP contribution in [0.15, 0.2) is 41.6 Å². The van der Waals surface area contributed by atoms with Crippen LogP contribution in [0.1, 0.15) is 37.4 Å². The van der Waals surface area contributed by atoms with E-state index in [1.165, 1.54) is 0 Å². The van der Waals surface area contributed by atoms with E-state index in [2.05, 4.69) is 23.8 Å². The zero-order chi connectivity index (χ0) is 18.9. The first-order chi connectivity index (χ1) is 12.3.